The van der Waals surface area contributed by atoms with Crippen LogP contribution in [0.5, 0.6) is 0 Å². The van der Waals surface area contributed by atoms with Crippen LogP contribution in [-0.2, 0) is 13.1 Å². The molecule has 0 fully saturated rings. The average molecular weight is 379 g/mol. The standard InChI is InChI=1S/C23H23ClN2O/c1-25(2)20-14-12-19(13-15-20)17-26(16-18-8-4-3-5-9-18)23(27)21-10-6-7-11-22(21)24/h3-15H,16-17H2,1-2H3. The molecule has 0 radical (unpaired) electrons. The number of amides is 1. The van der Waals surface area contributed by atoms with Gasteiger partial charge in [0.25, 0.3) is 5.91 Å². The van der Waals surface area contributed by atoms with E-state index in [9.17, 15) is 4.79 Å². The second-order valence-corrected chi connectivity index (χ2v) is 7.09. The lowest BCUT2D eigenvalue weighted by Gasteiger charge is -2.24. The minimum atomic E-state index is -0.0684. The predicted molar refractivity (Wildman–Crippen MR) is 112 cm³/mol. The van der Waals surface area contributed by atoms with Crippen LogP contribution in [0.15, 0.2) is 78.9 Å². The highest BCUT2D eigenvalue weighted by atomic mass is 35.5. The van der Waals surface area contributed by atoms with E-state index in [2.05, 4.69) is 29.2 Å². The van der Waals surface area contributed by atoms with Crippen LogP contribution in [0.2, 0.25) is 5.02 Å². The minimum absolute atomic E-state index is 0.0684. The first kappa shape index (κ1) is 19.0. The van der Waals surface area contributed by atoms with Crippen LogP contribution in [0.1, 0.15) is 21.5 Å². The van der Waals surface area contributed by atoms with Gasteiger partial charge in [0.2, 0.25) is 0 Å². The first-order chi connectivity index (χ1) is 13.0. The van der Waals surface area contributed by atoms with Crippen LogP contribution in [-0.4, -0.2) is 24.9 Å². The summed E-state index contributed by atoms with van der Waals surface area (Å²) < 4.78 is 0. The third-order valence-corrected chi connectivity index (χ3v) is 4.76. The number of nitrogens with zero attached hydrogens (tertiary/aromatic N) is 2. The topological polar surface area (TPSA) is 23.6 Å². The molecule has 0 spiro atoms. The molecule has 0 atom stereocenters. The number of hydrogen-bond acceptors (Lipinski definition) is 2. The second-order valence-electron chi connectivity index (χ2n) is 6.69. The van der Waals surface area contributed by atoms with Crippen molar-refractivity contribution in [2.45, 2.75) is 13.1 Å². The Kier molecular flexibility index (Phi) is 6.15. The van der Waals surface area contributed by atoms with Crippen molar-refractivity contribution in [2.24, 2.45) is 0 Å². The number of hydrogen-bond donors (Lipinski definition) is 0. The Morgan fingerprint density at radius 1 is 0.778 bits per heavy atom. The second kappa shape index (κ2) is 8.74. The summed E-state index contributed by atoms with van der Waals surface area (Å²) in [6.45, 7) is 1.05. The van der Waals surface area contributed by atoms with Gasteiger partial charge in [-0.15, -0.1) is 0 Å². The fourth-order valence-corrected chi connectivity index (χ4v) is 3.14. The quantitative estimate of drug-likeness (QED) is 0.585. The van der Waals surface area contributed by atoms with Gasteiger partial charge in [-0.05, 0) is 35.4 Å². The van der Waals surface area contributed by atoms with Crippen LogP contribution >= 0.6 is 11.6 Å². The van der Waals surface area contributed by atoms with Crippen LogP contribution in [0.3, 0.4) is 0 Å². The Hall–Kier alpha value is -2.78. The molecule has 0 aliphatic rings. The smallest absolute Gasteiger partial charge is 0.255 e. The fraction of sp³-hybridized carbons (Fsp3) is 0.174. The lowest BCUT2D eigenvalue weighted by Crippen LogP contribution is -2.30. The average Bonchev–Trinajstić information content (AvgIpc) is 2.68. The molecule has 0 saturated heterocycles. The third kappa shape index (κ3) is 4.89. The van der Waals surface area contributed by atoms with E-state index in [1.807, 2.05) is 61.5 Å². The number of anilines is 1. The summed E-state index contributed by atoms with van der Waals surface area (Å²) in [5.74, 6) is -0.0684. The van der Waals surface area contributed by atoms with Crippen molar-refractivity contribution < 1.29 is 4.79 Å². The maximum atomic E-state index is 13.2. The first-order valence-electron chi connectivity index (χ1n) is 8.88. The van der Waals surface area contributed by atoms with Gasteiger partial charge in [-0.25, -0.2) is 0 Å². The fourth-order valence-electron chi connectivity index (χ4n) is 2.93. The molecule has 3 aromatic carbocycles. The molecule has 3 nitrogen and oxygen atoms in total. The Labute approximate surface area is 165 Å². The van der Waals surface area contributed by atoms with Crippen LogP contribution in [0, 0.1) is 0 Å². The molecule has 0 saturated carbocycles. The number of halogens is 1. The molecule has 1 amide bonds. The minimum Gasteiger partial charge on any atom is -0.378 e. The Morgan fingerprint density at radius 3 is 1.93 bits per heavy atom. The summed E-state index contributed by atoms with van der Waals surface area (Å²) in [5, 5.41) is 0.475. The molecule has 0 aliphatic carbocycles. The summed E-state index contributed by atoms with van der Waals surface area (Å²) >= 11 is 6.27. The Morgan fingerprint density at radius 2 is 1.33 bits per heavy atom. The molecule has 3 rings (SSSR count). The van der Waals surface area contributed by atoms with Gasteiger partial charge >= 0.3 is 0 Å². The third-order valence-electron chi connectivity index (χ3n) is 4.43. The van der Waals surface area contributed by atoms with E-state index in [0.717, 1.165) is 16.8 Å². The van der Waals surface area contributed by atoms with E-state index >= 15 is 0 Å². The number of benzene rings is 3. The van der Waals surface area contributed by atoms with Crippen molar-refractivity contribution in [1.29, 1.82) is 0 Å². The van der Waals surface area contributed by atoms with Gasteiger partial charge in [0.15, 0.2) is 0 Å². The highest BCUT2D eigenvalue weighted by Crippen LogP contribution is 2.21. The van der Waals surface area contributed by atoms with Crippen LogP contribution in [0.25, 0.3) is 0 Å². The summed E-state index contributed by atoms with van der Waals surface area (Å²) in [4.78, 5) is 17.1. The summed E-state index contributed by atoms with van der Waals surface area (Å²) in [6, 6.07) is 25.5. The molecule has 0 aliphatic heterocycles. The number of carbonyl (C=O) groups excluding carboxylic acids is 1. The van der Waals surface area contributed by atoms with Gasteiger partial charge in [-0.1, -0.05) is 66.2 Å². The van der Waals surface area contributed by atoms with Crippen molar-refractivity contribution in [3.05, 3.63) is 101 Å². The summed E-state index contributed by atoms with van der Waals surface area (Å²) in [7, 11) is 4.02. The van der Waals surface area contributed by atoms with Crippen LogP contribution in [0.4, 0.5) is 5.69 Å². The maximum absolute atomic E-state index is 13.2. The monoisotopic (exact) mass is 378 g/mol. The van der Waals surface area contributed by atoms with Crippen molar-refractivity contribution in [1.82, 2.24) is 4.90 Å². The van der Waals surface area contributed by atoms with E-state index in [-0.39, 0.29) is 5.91 Å². The van der Waals surface area contributed by atoms with E-state index in [4.69, 9.17) is 11.6 Å². The number of rotatable bonds is 6. The molecule has 0 bridgehead atoms. The Bertz CT molecular complexity index is 892. The largest absolute Gasteiger partial charge is 0.378 e. The van der Waals surface area contributed by atoms with E-state index < -0.39 is 0 Å². The zero-order chi connectivity index (χ0) is 19.2. The number of carbonyl (C=O) groups is 1. The first-order valence-corrected chi connectivity index (χ1v) is 9.26. The SMILES string of the molecule is CN(C)c1ccc(CN(Cc2ccccc2)C(=O)c2ccccc2Cl)cc1. The van der Waals surface area contributed by atoms with Gasteiger partial charge in [-0.2, -0.15) is 0 Å². The molecule has 0 aromatic heterocycles. The van der Waals surface area contributed by atoms with Gasteiger partial charge in [0.05, 0.1) is 10.6 Å². The van der Waals surface area contributed by atoms with Gasteiger partial charge in [0.1, 0.15) is 0 Å². The van der Waals surface area contributed by atoms with E-state index in [1.165, 1.54) is 0 Å². The van der Waals surface area contributed by atoms with Crippen molar-refractivity contribution in [3.63, 3.8) is 0 Å². The highest BCUT2D eigenvalue weighted by molar-refractivity contribution is 6.33. The molecule has 0 unspecified atom stereocenters. The Balaban J connectivity index is 1.87. The molecule has 0 heterocycles. The molecule has 0 N–H and O–H groups in total. The lowest BCUT2D eigenvalue weighted by atomic mass is 10.1. The van der Waals surface area contributed by atoms with Crippen molar-refractivity contribution in [2.75, 3.05) is 19.0 Å². The summed E-state index contributed by atoms with van der Waals surface area (Å²) in [5.41, 5.74) is 3.82. The molecular weight excluding hydrogens is 356 g/mol. The maximum Gasteiger partial charge on any atom is 0.255 e. The van der Waals surface area contributed by atoms with Gasteiger partial charge < -0.3 is 9.80 Å². The molecule has 3 aromatic rings. The van der Waals surface area contributed by atoms with Crippen LogP contribution < -0.4 is 4.90 Å². The molecule has 4 heteroatoms. The zero-order valence-electron chi connectivity index (χ0n) is 15.6. The van der Waals surface area contributed by atoms with E-state index in [1.54, 1.807) is 12.1 Å². The molecule has 138 valence electrons. The lowest BCUT2D eigenvalue weighted by molar-refractivity contribution is 0.0730. The van der Waals surface area contributed by atoms with Gasteiger partial charge in [-0.3, -0.25) is 4.79 Å². The van der Waals surface area contributed by atoms with Crippen molar-refractivity contribution in [3.8, 4) is 0 Å². The molecular formula is C23H23ClN2O. The highest BCUT2D eigenvalue weighted by Gasteiger charge is 2.19. The van der Waals surface area contributed by atoms with Crippen molar-refractivity contribution >= 4 is 23.2 Å². The van der Waals surface area contributed by atoms with E-state index in [0.29, 0.717) is 23.7 Å². The summed E-state index contributed by atoms with van der Waals surface area (Å²) in [6.07, 6.45) is 0. The van der Waals surface area contributed by atoms with Gasteiger partial charge in [0, 0.05) is 32.9 Å². The predicted octanol–water partition coefficient (Wildman–Crippen LogP) is 5.25. The zero-order valence-corrected chi connectivity index (χ0v) is 16.4. The molecule has 27 heavy (non-hydrogen) atoms. The normalized spacial score (nSPS) is 10.5.